The molecule has 0 bridgehead atoms. The minimum atomic E-state index is -0.110. The Bertz CT molecular complexity index is 755. The zero-order valence-corrected chi connectivity index (χ0v) is 13.2. The first-order valence-electron chi connectivity index (χ1n) is 6.65. The normalized spacial score (nSPS) is 16.9. The summed E-state index contributed by atoms with van der Waals surface area (Å²) in [7, 11) is 0. The fourth-order valence-electron chi connectivity index (χ4n) is 2.00. The Hall–Kier alpha value is -2.24. The Morgan fingerprint density at radius 2 is 1.95 bits per heavy atom. The predicted octanol–water partition coefficient (Wildman–Crippen LogP) is 4.04. The highest BCUT2D eigenvalue weighted by Crippen LogP contribution is 2.34. The molecular weight excluding hydrogens is 312 g/mol. The second-order valence-electron chi connectivity index (χ2n) is 4.52. The molecular formula is C17H12N2OS2. The van der Waals surface area contributed by atoms with E-state index < -0.39 is 0 Å². The number of rotatable bonds is 3. The van der Waals surface area contributed by atoms with Crippen LogP contribution in [0.25, 0.3) is 6.08 Å². The molecule has 1 saturated heterocycles. The zero-order valence-electron chi connectivity index (χ0n) is 11.5. The molecule has 0 saturated carbocycles. The summed E-state index contributed by atoms with van der Waals surface area (Å²) in [5.41, 5.74) is 1.78. The summed E-state index contributed by atoms with van der Waals surface area (Å²) in [6.45, 7) is 0. The topological polar surface area (TPSA) is 33.2 Å². The largest absolute Gasteiger partial charge is 0.270 e. The molecule has 0 radical (unpaired) electrons. The molecule has 2 aromatic rings. The lowest BCUT2D eigenvalue weighted by Gasteiger charge is -2.13. The zero-order chi connectivity index (χ0) is 15.4. The van der Waals surface area contributed by atoms with Gasteiger partial charge in [0.05, 0.1) is 16.8 Å². The van der Waals surface area contributed by atoms with Crippen molar-refractivity contribution >= 4 is 46.0 Å². The SMILES string of the molecule is O=C1/C(=C/C=C/c2ccccc2)SC(=S)N1c1cccnc1. The highest BCUT2D eigenvalue weighted by Gasteiger charge is 2.32. The van der Waals surface area contributed by atoms with Crippen molar-refractivity contribution in [1.82, 2.24) is 4.98 Å². The van der Waals surface area contributed by atoms with Gasteiger partial charge in [-0.25, -0.2) is 0 Å². The second-order valence-corrected chi connectivity index (χ2v) is 6.20. The second kappa shape index (κ2) is 6.68. The van der Waals surface area contributed by atoms with Crippen LogP contribution in [0.4, 0.5) is 5.69 Å². The highest BCUT2D eigenvalue weighted by molar-refractivity contribution is 8.27. The number of thiocarbonyl (C=S) groups is 1. The van der Waals surface area contributed by atoms with E-state index in [0.717, 1.165) is 5.56 Å². The summed E-state index contributed by atoms with van der Waals surface area (Å²) in [5.74, 6) is -0.110. The van der Waals surface area contributed by atoms with E-state index in [2.05, 4.69) is 4.98 Å². The molecule has 108 valence electrons. The third-order valence-corrected chi connectivity index (χ3v) is 4.35. The van der Waals surface area contributed by atoms with E-state index in [4.69, 9.17) is 12.2 Å². The third kappa shape index (κ3) is 3.16. The summed E-state index contributed by atoms with van der Waals surface area (Å²) in [5, 5.41) is 0. The van der Waals surface area contributed by atoms with Gasteiger partial charge in [-0.3, -0.25) is 14.7 Å². The van der Waals surface area contributed by atoms with E-state index in [1.165, 1.54) is 16.7 Å². The molecule has 0 unspecified atom stereocenters. The first-order valence-corrected chi connectivity index (χ1v) is 7.88. The number of amides is 1. The van der Waals surface area contributed by atoms with Gasteiger partial charge in [0.15, 0.2) is 4.32 Å². The summed E-state index contributed by atoms with van der Waals surface area (Å²) in [6, 6.07) is 13.5. The number of carbonyl (C=O) groups is 1. The van der Waals surface area contributed by atoms with Gasteiger partial charge in [0.25, 0.3) is 5.91 Å². The number of anilines is 1. The molecule has 1 aliphatic rings. The number of aromatic nitrogens is 1. The van der Waals surface area contributed by atoms with Crippen LogP contribution < -0.4 is 4.90 Å². The van der Waals surface area contributed by atoms with Gasteiger partial charge < -0.3 is 0 Å². The predicted molar refractivity (Wildman–Crippen MR) is 95.5 cm³/mol. The minimum absolute atomic E-state index is 0.110. The van der Waals surface area contributed by atoms with Crippen molar-refractivity contribution in [2.24, 2.45) is 0 Å². The van der Waals surface area contributed by atoms with Gasteiger partial charge in [-0.05, 0) is 23.8 Å². The van der Waals surface area contributed by atoms with Crippen molar-refractivity contribution in [3.8, 4) is 0 Å². The molecule has 2 heterocycles. The first kappa shape index (κ1) is 14.7. The van der Waals surface area contributed by atoms with E-state index in [0.29, 0.717) is 14.9 Å². The van der Waals surface area contributed by atoms with Crippen LogP contribution in [0.2, 0.25) is 0 Å². The molecule has 0 N–H and O–H groups in total. The number of hydrogen-bond donors (Lipinski definition) is 0. The number of thioether (sulfide) groups is 1. The monoisotopic (exact) mass is 324 g/mol. The van der Waals surface area contributed by atoms with Gasteiger partial charge >= 0.3 is 0 Å². The quantitative estimate of drug-likeness (QED) is 0.630. The van der Waals surface area contributed by atoms with Crippen LogP contribution in [-0.4, -0.2) is 15.2 Å². The number of nitrogens with zero attached hydrogens (tertiary/aromatic N) is 2. The molecule has 1 aliphatic heterocycles. The molecule has 1 aromatic carbocycles. The van der Waals surface area contributed by atoms with Crippen molar-refractivity contribution in [2.75, 3.05) is 4.90 Å². The summed E-state index contributed by atoms with van der Waals surface area (Å²) in [6.07, 6.45) is 8.91. The van der Waals surface area contributed by atoms with Crippen LogP contribution in [0.5, 0.6) is 0 Å². The number of hydrogen-bond acceptors (Lipinski definition) is 4. The highest BCUT2D eigenvalue weighted by atomic mass is 32.2. The molecule has 0 aliphatic carbocycles. The molecule has 22 heavy (non-hydrogen) atoms. The first-order chi connectivity index (χ1) is 10.8. The Morgan fingerprint density at radius 1 is 1.14 bits per heavy atom. The third-order valence-electron chi connectivity index (χ3n) is 3.03. The number of benzene rings is 1. The van der Waals surface area contributed by atoms with E-state index in [9.17, 15) is 4.79 Å². The average molecular weight is 324 g/mol. The van der Waals surface area contributed by atoms with Gasteiger partial charge in [0.2, 0.25) is 0 Å². The van der Waals surface area contributed by atoms with Gasteiger partial charge in [0, 0.05) is 6.20 Å². The van der Waals surface area contributed by atoms with Gasteiger partial charge in [-0.15, -0.1) is 0 Å². The van der Waals surface area contributed by atoms with Crippen molar-refractivity contribution in [3.05, 3.63) is 77.5 Å². The molecule has 0 spiro atoms. The lowest BCUT2D eigenvalue weighted by molar-refractivity contribution is -0.113. The van der Waals surface area contributed by atoms with Crippen LogP contribution in [0.3, 0.4) is 0 Å². The van der Waals surface area contributed by atoms with Crippen molar-refractivity contribution in [1.29, 1.82) is 0 Å². The van der Waals surface area contributed by atoms with Crippen molar-refractivity contribution < 1.29 is 4.79 Å². The molecule has 3 nitrogen and oxygen atoms in total. The minimum Gasteiger partial charge on any atom is -0.268 e. The fraction of sp³-hybridized carbons (Fsp3) is 0. The maximum absolute atomic E-state index is 12.4. The fourth-order valence-corrected chi connectivity index (χ4v) is 3.25. The number of pyridine rings is 1. The Balaban J connectivity index is 1.79. The summed E-state index contributed by atoms with van der Waals surface area (Å²) in [4.78, 5) is 18.6. The van der Waals surface area contributed by atoms with Crippen LogP contribution in [0.15, 0.2) is 71.9 Å². The van der Waals surface area contributed by atoms with Gasteiger partial charge in [0.1, 0.15) is 0 Å². The van der Waals surface area contributed by atoms with Crippen LogP contribution in [0.1, 0.15) is 5.56 Å². The van der Waals surface area contributed by atoms with Crippen molar-refractivity contribution in [2.45, 2.75) is 0 Å². The van der Waals surface area contributed by atoms with E-state index in [1.807, 2.05) is 48.6 Å². The average Bonchev–Trinajstić information content (AvgIpc) is 2.83. The molecule has 0 atom stereocenters. The maximum Gasteiger partial charge on any atom is 0.270 e. The summed E-state index contributed by atoms with van der Waals surface area (Å²) < 4.78 is 0.525. The Labute approximate surface area is 138 Å². The van der Waals surface area contributed by atoms with E-state index in [-0.39, 0.29) is 5.91 Å². The van der Waals surface area contributed by atoms with Gasteiger partial charge in [-0.1, -0.05) is 66.5 Å². The molecule has 1 fully saturated rings. The van der Waals surface area contributed by atoms with Crippen LogP contribution in [0, 0.1) is 0 Å². The smallest absolute Gasteiger partial charge is 0.268 e. The van der Waals surface area contributed by atoms with Gasteiger partial charge in [-0.2, -0.15) is 0 Å². The van der Waals surface area contributed by atoms with E-state index in [1.54, 1.807) is 24.5 Å². The maximum atomic E-state index is 12.4. The van der Waals surface area contributed by atoms with Crippen LogP contribution in [-0.2, 0) is 4.79 Å². The lowest BCUT2D eigenvalue weighted by atomic mass is 10.2. The van der Waals surface area contributed by atoms with Crippen LogP contribution >= 0.6 is 24.0 Å². The molecule has 3 rings (SSSR count). The Kier molecular flexibility index (Phi) is 4.46. The van der Waals surface area contributed by atoms with E-state index >= 15 is 0 Å². The molecule has 5 heteroatoms. The Morgan fingerprint density at radius 3 is 2.68 bits per heavy atom. The summed E-state index contributed by atoms with van der Waals surface area (Å²) >= 11 is 6.60. The lowest BCUT2D eigenvalue weighted by Crippen LogP contribution is -2.27. The van der Waals surface area contributed by atoms with Crippen molar-refractivity contribution in [3.63, 3.8) is 0 Å². The standard InChI is InChI=1S/C17H12N2OS2/c20-16-15(10-4-8-13-6-2-1-3-7-13)22-17(21)19(16)14-9-5-11-18-12-14/h1-12H/b8-4+,15-10-. The number of allylic oxidation sites excluding steroid dienone is 2. The molecule has 1 aromatic heterocycles. The molecule has 1 amide bonds. The number of carbonyl (C=O) groups excluding carboxylic acids is 1.